The number of nitrogens with zero attached hydrogens (tertiary/aromatic N) is 2. The topological polar surface area (TPSA) is 93.4 Å². The second kappa shape index (κ2) is 6.75. The van der Waals surface area contributed by atoms with E-state index in [1.165, 1.54) is 4.90 Å². The molecule has 110 valence electrons. The fourth-order valence-corrected chi connectivity index (χ4v) is 2.36. The minimum absolute atomic E-state index is 0.244. The van der Waals surface area contributed by atoms with Crippen LogP contribution in [0, 0.1) is 17.2 Å². The van der Waals surface area contributed by atoms with Gasteiger partial charge in [0.1, 0.15) is 0 Å². The molecule has 1 fully saturated rings. The average molecular weight is 287 g/mol. The second-order valence-electron chi connectivity index (χ2n) is 5.09. The van der Waals surface area contributed by atoms with Crippen LogP contribution in [0.1, 0.15) is 18.4 Å². The Labute approximate surface area is 123 Å². The number of benzene rings is 1. The predicted molar refractivity (Wildman–Crippen MR) is 76.7 cm³/mol. The number of aliphatic carboxylic acids is 1. The van der Waals surface area contributed by atoms with Gasteiger partial charge in [0.15, 0.2) is 0 Å². The minimum atomic E-state index is -0.853. The summed E-state index contributed by atoms with van der Waals surface area (Å²) >= 11 is 0. The summed E-state index contributed by atoms with van der Waals surface area (Å²) in [6, 6.07) is 8.83. The molecule has 0 spiro atoms. The number of carboxylic acid groups (broad SMARTS) is 1. The van der Waals surface area contributed by atoms with Crippen molar-refractivity contribution in [3.8, 4) is 6.07 Å². The van der Waals surface area contributed by atoms with Gasteiger partial charge in [-0.2, -0.15) is 5.26 Å². The van der Waals surface area contributed by atoms with Crippen LogP contribution in [0.4, 0.5) is 10.5 Å². The van der Waals surface area contributed by atoms with Crippen molar-refractivity contribution in [2.24, 2.45) is 5.92 Å². The van der Waals surface area contributed by atoms with E-state index in [4.69, 9.17) is 10.4 Å². The van der Waals surface area contributed by atoms with Gasteiger partial charge in [0, 0.05) is 18.8 Å². The number of carbonyl (C=O) groups excluding carboxylic acids is 1. The van der Waals surface area contributed by atoms with Gasteiger partial charge in [-0.25, -0.2) is 4.79 Å². The molecule has 0 aromatic heterocycles. The summed E-state index contributed by atoms with van der Waals surface area (Å²) in [5.74, 6) is -1.34. The summed E-state index contributed by atoms with van der Waals surface area (Å²) in [5.41, 5.74) is 1.53. The van der Waals surface area contributed by atoms with Gasteiger partial charge in [-0.1, -0.05) is 12.1 Å². The molecule has 1 saturated heterocycles. The van der Waals surface area contributed by atoms with E-state index in [9.17, 15) is 9.59 Å². The first-order valence-corrected chi connectivity index (χ1v) is 6.85. The molecule has 1 aromatic rings. The first-order chi connectivity index (χ1) is 10.1. The van der Waals surface area contributed by atoms with E-state index >= 15 is 0 Å². The Morgan fingerprint density at radius 2 is 2.10 bits per heavy atom. The highest BCUT2D eigenvalue weighted by atomic mass is 16.4. The zero-order chi connectivity index (χ0) is 15.2. The molecule has 0 aliphatic carbocycles. The highest BCUT2D eigenvalue weighted by molar-refractivity contribution is 5.89. The Balaban J connectivity index is 1.94. The first kappa shape index (κ1) is 14.9. The highest BCUT2D eigenvalue weighted by Crippen LogP contribution is 2.18. The standard InChI is InChI=1S/C15H17N3O3/c16-8-7-11-3-5-13(6-4-11)17-15(21)18-9-1-2-12(10-18)14(19)20/h3-6,12H,1-2,7,9-10H2,(H,17,21)(H,19,20)/t12-/m0/s1. The molecule has 2 amide bonds. The lowest BCUT2D eigenvalue weighted by atomic mass is 9.99. The highest BCUT2D eigenvalue weighted by Gasteiger charge is 2.28. The summed E-state index contributed by atoms with van der Waals surface area (Å²) in [7, 11) is 0. The fraction of sp³-hybridized carbons (Fsp3) is 0.400. The lowest BCUT2D eigenvalue weighted by molar-refractivity contribution is -0.143. The summed E-state index contributed by atoms with van der Waals surface area (Å²) in [4.78, 5) is 24.6. The average Bonchev–Trinajstić information content (AvgIpc) is 2.49. The number of anilines is 1. The van der Waals surface area contributed by atoms with Crippen molar-refractivity contribution < 1.29 is 14.7 Å². The van der Waals surface area contributed by atoms with E-state index in [1.807, 2.05) is 0 Å². The van der Waals surface area contributed by atoms with Gasteiger partial charge in [-0.3, -0.25) is 4.79 Å². The van der Waals surface area contributed by atoms with Gasteiger partial charge < -0.3 is 15.3 Å². The lowest BCUT2D eigenvalue weighted by Gasteiger charge is -2.30. The molecular weight excluding hydrogens is 270 g/mol. The zero-order valence-corrected chi connectivity index (χ0v) is 11.6. The molecule has 1 aliphatic heterocycles. The van der Waals surface area contributed by atoms with Gasteiger partial charge in [-0.05, 0) is 30.5 Å². The fourth-order valence-electron chi connectivity index (χ4n) is 2.36. The molecule has 1 aliphatic rings. The number of carbonyl (C=O) groups is 2. The van der Waals surface area contributed by atoms with Crippen LogP contribution in [0.2, 0.25) is 0 Å². The third-order valence-corrected chi connectivity index (χ3v) is 3.55. The number of carboxylic acids is 1. The molecule has 1 heterocycles. The third kappa shape index (κ3) is 3.96. The van der Waals surface area contributed by atoms with Gasteiger partial charge in [0.2, 0.25) is 0 Å². The SMILES string of the molecule is N#CCc1ccc(NC(=O)N2CCC[C@H](C(=O)O)C2)cc1. The predicted octanol–water partition coefficient (Wildman–Crippen LogP) is 2.08. The van der Waals surface area contributed by atoms with Crippen LogP contribution in [0.3, 0.4) is 0 Å². The number of likely N-dealkylation sites (tertiary alicyclic amines) is 1. The number of nitrogens with one attached hydrogen (secondary N) is 1. The molecule has 6 nitrogen and oxygen atoms in total. The van der Waals surface area contributed by atoms with Crippen molar-refractivity contribution in [1.29, 1.82) is 5.26 Å². The molecule has 0 saturated carbocycles. The maximum Gasteiger partial charge on any atom is 0.321 e. The van der Waals surface area contributed by atoms with Crippen LogP contribution in [0.15, 0.2) is 24.3 Å². The van der Waals surface area contributed by atoms with Crippen molar-refractivity contribution in [3.05, 3.63) is 29.8 Å². The van der Waals surface area contributed by atoms with Crippen molar-refractivity contribution in [2.75, 3.05) is 18.4 Å². The molecule has 6 heteroatoms. The number of hydrogen-bond acceptors (Lipinski definition) is 3. The smallest absolute Gasteiger partial charge is 0.321 e. The number of nitriles is 1. The van der Waals surface area contributed by atoms with Crippen LogP contribution in [-0.4, -0.2) is 35.1 Å². The molecule has 0 radical (unpaired) electrons. The first-order valence-electron chi connectivity index (χ1n) is 6.85. The van der Waals surface area contributed by atoms with E-state index in [0.29, 0.717) is 31.5 Å². The molecular formula is C15H17N3O3. The van der Waals surface area contributed by atoms with Crippen molar-refractivity contribution >= 4 is 17.7 Å². The molecule has 2 N–H and O–H groups in total. The Hall–Kier alpha value is -2.55. The second-order valence-corrected chi connectivity index (χ2v) is 5.09. The Kier molecular flexibility index (Phi) is 4.77. The zero-order valence-electron chi connectivity index (χ0n) is 11.6. The molecule has 0 bridgehead atoms. The molecule has 2 rings (SSSR count). The number of urea groups is 1. The molecule has 1 aromatic carbocycles. The van der Waals surface area contributed by atoms with Gasteiger partial charge in [0.25, 0.3) is 0 Å². The van der Waals surface area contributed by atoms with Crippen molar-refractivity contribution in [3.63, 3.8) is 0 Å². The molecule has 21 heavy (non-hydrogen) atoms. The van der Waals surface area contributed by atoms with E-state index in [-0.39, 0.29) is 12.6 Å². The Morgan fingerprint density at radius 1 is 1.38 bits per heavy atom. The lowest BCUT2D eigenvalue weighted by Crippen LogP contribution is -2.44. The van der Waals surface area contributed by atoms with Gasteiger partial charge >= 0.3 is 12.0 Å². The van der Waals surface area contributed by atoms with E-state index < -0.39 is 11.9 Å². The number of rotatable bonds is 3. The largest absolute Gasteiger partial charge is 0.481 e. The van der Waals surface area contributed by atoms with Crippen LogP contribution < -0.4 is 5.32 Å². The van der Waals surface area contributed by atoms with Crippen molar-refractivity contribution in [2.45, 2.75) is 19.3 Å². The van der Waals surface area contributed by atoms with Crippen LogP contribution in [-0.2, 0) is 11.2 Å². The minimum Gasteiger partial charge on any atom is -0.481 e. The summed E-state index contributed by atoms with van der Waals surface area (Å²) in [5, 5.41) is 20.4. The van der Waals surface area contributed by atoms with Crippen LogP contribution in [0.25, 0.3) is 0 Å². The quantitative estimate of drug-likeness (QED) is 0.890. The van der Waals surface area contributed by atoms with Gasteiger partial charge in [0.05, 0.1) is 18.4 Å². The van der Waals surface area contributed by atoms with E-state index in [0.717, 1.165) is 5.56 Å². The molecule has 0 unspecified atom stereocenters. The van der Waals surface area contributed by atoms with E-state index in [1.54, 1.807) is 24.3 Å². The Morgan fingerprint density at radius 3 is 2.71 bits per heavy atom. The summed E-state index contributed by atoms with van der Waals surface area (Å²) in [6.07, 6.45) is 1.65. The number of hydrogen-bond donors (Lipinski definition) is 2. The molecule has 1 atom stereocenters. The summed E-state index contributed by atoms with van der Waals surface area (Å²) < 4.78 is 0. The van der Waals surface area contributed by atoms with Crippen LogP contribution in [0.5, 0.6) is 0 Å². The Bertz CT molecular complexity index is 563. The monoisotopic (exact) mass is 287 g/mol. The van der Waals surface area contributed by atoms with Crippen molar-refractivity contribution in [1.82, 2.24) is 4.90 Å². The summed E-state index contributed by atoms with van der Waals surface area (Å²) in [6.45, 7) is 0.815. The van der Waals surface area contributed by atoms with E-state index in [2.05, 4.69) is 11.4 Å². The number of piperidine rings is 1. The van der Waals surface area contributed by atoms with Gasteiger partial charge in [-0.15, -0.1) is 0 Å². The maximum atomic E-state index is 12.1. The number of amides is 2. The third-order valence-electron chi connectivity index (χ3n) is 3.55. The normalized spacial score (nSPS) is 17.9. The van der Waals surface area contributed by atoms with Crippen LogP contribution >= 0.6 is 0 Å². The maximum absolute atomic E-state index is 12.1.